The molecule has 0 aliphatic carbocycles. The lowest BCUT2D eigenvalue weighted by atomic mass is 10.0. The third-order valence-corrected chi connectivity index (χ3v) is 3.89. The number of carboxylic acid groups (broad SMARTS) is 1. The fraction of sp³-hybridized carbons (Fsp3) is 0.412. The molecule has 1 atom stereocenters. The zero-order chi connectivity index (χ0) is 18.6. The molecular formula is C17H21N3O5. The van der Waals surface area contributed by atoms with Gasteiger partial charge in [0, 0.05) is 12.8 Å². The molecule has 1 aromatic rings. The Morgan fingerprint density at radius 1 is 1.24 bits per heavy atom. The Labute approximate surface area is 145 Å². The number of nitrogens with zero attached hydrogens (tertiary/aromatic N) is 1. The summed E-state index contributed by atoms with van der Waals surface area (Å²) in [6.45, 7) is 3.27. The number of hydrogen-bond donors (Lipinski definition) is 3. The van der Waals surface area contributed by atoms with E-state index in [1.54, 1.807) is 38.1 Å². The molecule has 8 nitrogen and oxygen atoms in total. The first kappa shape index (κ1) is 18.4. The summed E-state index contributed by atoms with van der Waals surface area (Å²) < 4.78 is 0. The van der Waals surface area contributed by atoms with Gasteiger partial charge in [0.2, 0.25) is 17.7 Å². The van der Waals surface area contributed by atoms with Crippen LogP contribution >= 0.6 is 0 Å². The molecule has 8 heteroatoms. The normalized spacial score (nSPS) is 14.5. The third kappa shape index (κ3) is 4.56. The zero-order valence-corrected chi connectivity index (χ0v) is 14.1. The van der Waals surface area contributed by atoms with Crippen molar-refractivity contribution in [2.75, 3.05) is 16.8 Å². The number of amides is 3. The van der Waals surface area contributed by atoms with Crippen molar-refractivity contribution < 1.29 is 24.3 Å². The molecule has 0 saturated heterocycles. The molecule has 0 aromatic heterocycles. The number of anilines is 2. The van der Waals surface area contributed by atoms with E-state index >= 15 is 0 Å². The van der Waals surface area contributed by atoms with E-state index in [0.717, 1.165) is 0 Å². The van der Waals surface area contributed by atoms with Crippen molar-refractivity contribution in [2.45, 2.75) is 32.7 Å². The van der Waals surface area contributed by atoms with Gasteiger partial charge in [-0.15, -0.1) is 0 Å². The van der Waals surface area contributed by atoms with Gasteiger partial charge in [-0.1, -0.05) is 26.0 Å². The van der Waals surface area contributed by atoms with Crippen molar-refractivity contribution in [1.82, 2.24) is 5.32 Å². The van der Waals surface area contributed by atoms with Crippen molar-refractivity contribution in [3.8, 4) is 0 Å². The van der Waals surface area contributed by atoms with Crippen molar-refractivity contribution in [2.24, 2.45) is 5.92 Å². The predicted octanol–water partition coefficient (Wildman–Crippen LogP) is 0.977. The van der Waals surface area contributed by atoms with Crippen LogP contribution in [-0.2, 0) is 19.2 Å². The summed E-state index contributed by atoms with van der Waals surface area (Å²) in [5, 5.41) is 14.2. The van der Waals surface area contributed by atoms with E-state index in [4.69, 9.17) is 5.11 Å². The smallest absolute Gasteiger partial charge is 0.326 e. The van der Waals surface area contributed by atoms with Crippen LogP contribution in [0.2, 0.25) is 0 Å². The molecule has 2 rings (SSSR count). The minimum Gasteiger partial charge on any atom is -0.480 e. The molecule has 1 aliphatic rings. The van der Waals surface area contributed by atoms with E-state index in [1.165, 1.54) is 4.90 Å². The number of benzene rings is 1. The molecule has 25 heavy (non-hydrogen) atoms. The van der Waals surface area contributed by atoms with E-state index < -0.39 is 17.9 Å². The highest BCUT2D eigenvalue weighted by atomic mass is 16.4. The molecule has 3 N–H and O–H groups in total. The Hall–Kier alpha value is -2.90. The summed E-state index contributed by atoms with van der Waals surface area (Å²) in [6.07, 6.45) is -0.256. The minimum atomic E-state index is -1.11. The molecular weight excluding hydrogens is 326 g/mol. The van der Waals surface area contributed by atoms with Gasteiger partial charge in [0.1, 0.15) is 12.6 Å². The molecule has 1 heterocycles. The first-order valence-electron chi connectivity index (χ1n) is 8.01. The Balaban J connectivity index is 1.98. The molecule has 0 fully saturated rings. The standard InChI is InChI=1S/C17H21N3O5/c1-10(2)16(17(24)25)19-13(21)7-8-15(23)20-9-14(22)18-11-5-3-4-6-12(11)20/h3-6,10,16H,7-9H2,1-2H3,(H,18,22)(H,19,21)(H,24,25)/t16-/m0/s1. The van der Waals surface area contributed by atoms with Gasteiger partial charge in [-0.25, -0.2) is 4.79 Å². The molecule has 0 spiro atoms. The number of nitrogens with one attached hydrogen (secondary N) is 2. The lowest BCUT2D eigenvalue weighted by Crippen LogP contribution is -2.45. The Kier molecular flexibility index (Phi) is 5.74. The average molecular weight is 347 g/mol. The van der Waals surface area contributed by atoms with Gasteiger partial charge in [-0.2, -0.15) is 0 Å². The largest absolute Gasteiger partial charge is 0.480 e. The second-order valence-corrected chi connectivity index (χ2v) is 6.17. The lowest BCUT2D eigenvalue weighted by molar-refractivity contribution is -0.143. The van der Waals surface area contributed by atoms with Gasteiger partial charge < -0.3 is 20.6 Å². The summed E-state index contributed by atoms with van der Waals surface area (Å²) in [5.41, 5.74) is 1.13. The molecule has 3 amide bonds. The summed E-state index contributed by atoms with van der Waals surface area (Å²) in [4.78, 5) is 48.5. The van der Waals surface area contributed by atoms with Crippen LogP contribution in [0.25, 0.3) is 0 Å². The molecule has 1 aromatic carbocycles. The molecule has 0 radical (unpaired) electrons. The number of hydrogen-bond acceptors (Lipinski definition) is 4. The number of para-hydroxylation sites is 2. The number of rotatable bonds is 6. The maximum atomic E-state index is 12.4. The number of aliphatic carboxylic acids is 1. The Morgan fingerprint density at radius 2 is 1.92 bits per heavy atom. The molecule has 134 valence electrons. The fourth-order valence-electron chi connectivity index (χ4n) is 2.57. The highest BCUT2D eigenvalue weighted by Crippen LogP contribution is 2.29. The fourth-order valence-corrected chi connectivity index (χ4v) is 2.57. The van der Waals surface area contributed by atoms with Crippen LogP contribution in [0.15, 0.2) is 24.3 Å². The third-order valence-electron chi connectivity index (χ3n) is 3.89. The summed E-state index contributed by atoms with van der Waals surface area (Å²) in [6, 6.07) is 5.91. The summed E-state index contributed by atoms with van der Waals surface area (Å²) >= 11 is 0. The van der Waals surface area contributed by atoms with Gasteiger partial charge in [0.25, 0.3) is 0 Å². The molecule has 0 saturated carbocycles. The van der Waals surface area contributed by atoms with Crippen LogP contribution < -0.4 is 15.5 Å². The topological polar surface area (TPSA) is 116 Å². The van der Waals surface area contributed by atoms with Gasteiger partial charge in [-0.3, -0.25) is 14.4 Å². The second-order valence-electron chi connectivity index (χ2n) is 6.17. The van der Waals surface area contributed by atoms with Crippen LogP contribution in [0.4, 0.5) is 11.4 Å². The van der Waals surface area contributed by atoms with Gasteiger partial charge >= 0.3 is 5.97 Å². The number of carboxylic acids is 1. The first-order valence-corrected chi connectivity index (χ1v) is 8.01. The van der Waals surface area contributed by atoms with Crippen molar-refractivity contribution in [1.29, 1.82) is 0 Å². The first-order chi connectivity index (χ1) is 11.8. The average Bonchev–Trinajstić information content (AvgIpc) is 2.56. The number of carbonyl (C=O) groups excluding carboxylic acids is 3. The number of fused-ring (bicyclic) bond motifs is 1. The zero-order valence-electron chi connectivity index (χ0n) is 14.1. The monoisotopic (exact) mass is 347 g/mol. The highest BCUT2D eigenvalue weighted by Gasteiger charge is 2.28. The van der Waals surface area contributed by atoms with Crippen molar-refractivity contribution in [3.05, 3.63) is 24.3 Å². The molecule has 0 unspecified atom stereocenters. The predicted molar refractivity (Wildman–Crippen MR) is 91.1 cm³/mol. The van der Waals surface area contributed by atoms with E-state index in [0.29, 0.717) is 11.4 Å². The Bertz CT molecular complexity index is 701. The van der Waals surface area contributed by atoms with E-state index in [-0.39, 0.29) is 37.1 Å². The number of carbonyl (C=O) groups is 4. The van der Waals surface area contributed by atoms with Crippen LogP contribution in [0, 0.1) is 5.92 Å². The van der Waals surface area contributed by atoms with Gasteiger partial charge in [-0.05, 0) is 18.1 Å². The minimum absolute atomic E-state index is 0.110. The quantitative estimate of drug-likeness (QED) is 0.709. The van der Waals surface area contributed by atoms with Crippen LogP contribution in [0.5, 0.6) is 0 Å². The Morgan fingerprint density at radius 3 is 2.56 bits per heavy atom. The summed E-state index contributed by atoms with van der Waals surface area (Å²) in [5.74, 6) is -2.56. The van der Waals surface area contributed by atoms with Crippen molar-refractivity contribution in [3.63, 3.8) is 0 Å². The van der Waals surface area contributed by atoms with Crippen LogP contribution in [-0.4, -0.2) is 41.4 Å². The second kappa shape index (κ2) is 7.78. The SMILES string of the molecule is CC(C)[C@H](NC(=O)CCC(=O)N1CC(=O)Nc2ccccc21)C(=O)O. The maximum absolute atomic E-state index is 12.4. The maximum Gasteiger partial charge on any atom is 0.326 e. The van der Waals surface area contributed by atoms with Crippen LogP contribution in [0.3, 0.4) is 0 Å². The summed E-state index contributed by atoms with van der Waals surface area (Å²) in [7, 11) is 0. The highest BCUT2D eigenvalue weighted by molar-refractivity contribution is 6.10. The van der Waals surface area contributed by atoms with E-state index in [1.807, 2.05) is 0 Å². The van der Waals surface area contributed by atoms with Crippen LogP contribution in [0.1, 0.15) is 26.7 Å². The van der Waals surface area contributed by atoms with E-state index in [9.17, 15) is 19.2 Å². The molecule has 1 aliphatic heterocycles. The van der Waals surface area contributed by atoms with Crippen molar-refractivity contribution >= 4 is 35.1 Å². The van der Waals surface area contributed by atoms with Gasteiger partial charge in [0.15, 0.2) is 0 Å². The van der Waals surface area contributed by atoms with E-state index in [2.05, 4.69) is 10.6 Å². The lowest BCUT2D eigenvalue weighted by Gasteiger charge is -2.29. The van der Waals surface area contributed by atoms with Gasteiger partial charge in [0.05, 0.1) is 11.4 Å². The molecule has 0 bridgehead atoms.